The van der Waals surface area contributed by atoms with E-state index in [9.17, 15) is 18.4 Å². The molecule has 0 atom stereocenters. The van der Waals surface area contributed by atoms with E-state index in [0.29, 0.717) is 12.2 Å². The van der Waals surface area contributed by atoms with Gasteiger partial charge in [0.1, 0.15) is 5.75 Å². The van der Waals surface area contributed by atoms with Gasteiger partial charge in [0.25, 0.3) is 0 Å². The molecule has 0 heterocycles. The predicted octanol–water partition coefficient (Wildman–Crippen LogP) is 7.99. The van der Waals surface area contributed by atoms with E-state index in [1.165, 1.54) is 25.3 Å². The van der Waals surface area contributed by atoms with Crippen LogP contribution in [0.5, 0.6) is 5.75 Å². The van der Waals surface area contributed by atoms with Crippen molar-refractivity contribution in [2.75, 3.05) is 19.8 Å². The van der Waals surface area contributed by atoms with Crippen LogP contribution in [0.1, 0.15) is 64.2 Å². The normalized spacial score (nSPS) is 10.7. The maximum Gasteiger partial charge on any atom is 0.330 e. The fourth-order valence-electron chi connectivity index (χ4n) is 4.15. The molecule has 0 aliphatic heterocycles. The molecule has 7 heteroatoms. The molecule has 5 nitrogen and oxygen atoms in total. The predicted molar refractivity (Wildman–Crippen MR) is 149 cm³/mol. The average molecular weight is 543 g/mol. The number of ether oxygens (including phenoxy) is 3. The van der Waals surface area contributed by atoms with Gasteiger partial charge in [-0.3, -0.25) is 0 Å². The van der Waals surface area contributed by atoms with Gasteiger partial charge in [-0.2, -0.15) is 0 Å². The fraction of sp³-hybridized carbons (Fsp3) is 0.438. The van der Waals surface area contributed by atoms with Crippen molar-refractivity contribution in [2.24, 2.45) is 5.92 Å². The zero-order valence-corrected chi connectivity index (χ0v) is 22.7. The minimum atomic E-state index is -0.854. The Balaban J connectivity index is 1.50. The van der Waals surface area contributed by atoms with Crippen LogP contribution in [0.15, 0.2) is 67.8 Å². The number of carbonyl (C=O) groups is 2. The van der Waals surface area contributed by atoms with Gasteiger partial charge in [-0.1, -0.05) is 88.8 Å². The molecule has 2 rings (SSSR count). The number of esters is 2. The van der Waals surface area contributed by atoms with E-state index in [0.717, 1.165) is 68.9 Å². The van der Waals surface area contributed by atoms with E-state index in [1.54, 1.807) is 30.3 Å². The van der Waals surface area contributed by atoms with Crippen LogP contribution in [0, 0.1) is 17.6 Å². The van der Waals surface area contributed by atoms with E-state index in [-0.39, 0.29) is 24.7 Å². The van der Waals surface area contributed by atoms with E-state index < -0.39 is 23.6 Å². The molecule has 2 aromatic carbocycles. The largest absolute Gasteiger partial charge is 0.494 e. The second-order valence-corrected chi connectivity index (χ2v) is 9.48. The summed E-state index contributed by atoms with van der Waals surface area (Å²) >= 11 is 0. The number of hydrogen-bond donors (Lipinski definition) is 0. The molecular formula is C32H40F2O5. The number of benzene rings is 2. The van der Waals surface area contributed by atoms with Gasteiger partial charge in [0, 0.05) is 23.6 Å². The van der Waals surface area contributed by atoms with Gasteiger partial charge in [-0.05, 0) is 36.6 Å². The van der Waals surface area contributed by atoms with Crippen LogP contribution in [0.4, 0.5) is 8.78 Å². The SMILES string of the molecule is C=CC(=O)OCC(CCCCCCCCCCCOc1ccc(-c2cccc(F)c2F)cc1)COC(=O)C=C. The first-order valence-corrected chi connectivity index (χ1v) is 13.7. The van der Waals surface area contributed by atoms with Crippen molar-refractivity contribution in [3.63, 3.8) is 0 Å². The van der Waals surface area contributed by atoms with Gasteiger partial charge < -0.3 is 14.2 Å². The van der Waals surface area contributed by atoms with Crippen LogP contribution in [0.2, 0.25) is 0 Å². The van der Waals surface area contributed by atoms with Crippen molar-refractivity contribution in [2.45, 2.75) is 64.2 Å². The third kappa shape index (κ3) is 12.7. The van der Waals surface area contributed by atoms with Crippen molar-refractivity contribution in [1.82, 2.24) is 0 Å². The fourth-order valence-corrected chi connectivity index (χ4v) is 4.15. The van der Waals surface area contributed by atoms with E-state index in [4.69, 9.17) is 14.2 Å². The molecule has 0 aliphatic carbocycles. The standard InChI is InChI=1S/C32H40F2O5/c1-3-30(35)38-23-25(24-39-31(36)4-2)15-12-10-8-6-5-7-9-11-13-22-37-27-20-18-26(19-21-27)28-16-14-17-29(33)32(28)34/h3-4,14,16-21,25H,1-2,5-13,15,22-24H2. The number of carbonyl (C=O) groups excluding carboxylic acids is 2. The highest BCUT2D eigenvalue weighted by molar-refractivity contribution is 5.81. The summed E-state index contributed by atoms with van der Waals surface area (Å²) in [4.78, 5) is 22.6. The Kier molecular flexibility index (Phi) is 15.2. The molecule has 0 aromatic heterocycles. The van der Waals surface area contributed by atoms with Crippen LogP contribution in [0.25, 0.3) is 11.1 Å². The average Bonchev–Trinajstić information content (AvgIpc) is 2.95. The lowest BCUT2D eigenvalue weighted by Crippen LogP contribution is -2.20. The van der Waals surface area contributed by atoms with Gasteiger partial charge >= 0.3 is 11.9 Å². The summed E-state index contributed by atoms with van der Waals surface area (Å²) < 4.78 is 43.4. The van der Waals surface area contributed by atoms with Crippen molar-refractivity contribution in [1.29, 1.82) is 0 Å². The summed E-state index contributed by atoms with van der Waals surface area (Å²) in [6, 6.07) is 11.2. The molecule has 0 spiro atoms. The Hall–Kier alpha value is -3.48. The Morgan fingerprint density at radius 3 is 1.85 bits per heavy atom. The summed E-state index contributed by atoms with van der Waals surface area (Å²) in [6.07, 6.45) is 13.1. The molecule has 0 saturated heterocycles. The molecule has 2 aromatic rings. The van der Waals surface area contributed by atoms with E-state index in [2.05, 4.69) is 13.2 Å². The molecule has 0 saturated carbocycles. The smallest absolute Gasteiger partial charge is 0.330 e. The van der Waals surface area contributed by atoms with Gasteiger partial charge in [-0.15, -0.1) is 0 Å². The molecule has 0 fully saturated rings. The summed E-state index contributed by atoms with van der Waals surface area (Å²) in [6.45, 7) is 7.81. The molecule has 0 aliphatic rings. The summed E-state index contributed by atoms with van der Waals surface area (Å²) in [7, 11) is 0. The molecule has 0 amide bonds. The molecular weight excluding hydrogens is 502 g/mol. The number of unbranched alkanes of at least 4 members (excludes halogenated alkanes) is 8. The monoisotopic (exact) mass is 542 g/mol. The van der Waals surface area contributed by atoms with Crippen LogP contribution in [-0.4, -0.2) is 31.8 Å². The Labute approximate surface area is 230 Å². The van der Waals surface area contributed by atoms with Gasteiger partial charge in [0.15, 0.2) is 11.6 Å². The minimum Gasteiger partial charge on any atom is -0.494 e. The van der Waals surface area contributed by atoms with Crippen molar-refractivity contribution >= 4 is 11.9 Å². The van der Waals surface area contributed by atoms with Crippen molar-refractivity contribution in [3.05, 3.63) is 79.4 Å². The lowest BCUT2D eigenvalue weighted by molar-refractivity contribution is -0.143. The van der Waals surface area contributed by atoms with E-state index >= 15 is 0 Å². The van der Waals surface area contributed by atoms with Crippen LogP contribution in [-0.2, 0) is 19.1 Å². The molecule has 0 N–H and O–H groups in total. The Bertz CT molecular complexity index is 1010. The highest BCUT2D eigenvalue weighted by Gasteiger charge is 2.13. The second kappa shape index (κ2) is 18.7. The number of halogens is 2. The first-order valence-electron chi connectivity index (χ1n) is 13.7. The van der Waals surface area contributed by atoms with Crippen LogP contribution >= 0.6 is 0 Å². The van der Waals surface area contributed by atoms with Crippen LogP contribution < -0.4 is 4.74 Å². The zero-order valence-electron chi connectivity index (χ0n) is 22.7. The molecule has 0 unspecified atom stereocenters. The Morgan fingerprint density at radius 2 is 1.28 bits per heavy atom. The quantitative estimate of drug-likeness (QED) is 0.0964. The third-order valence-corrected chi connectivity index (χ3v) is 6.40. The maximum absolute atomic E-state index is 13.9. The summed E-state index contributed by atoms with van der Waals surface area (Å²) in [5, 5.41) is 0. The van der Waals surface area contributed by atoms with Gasteiger partial charge in [0.2, 0.25) is 0 Å². The van der Waals surface area contributed by atoms with E-state index in [1.807, 2.05) is 0 Å². The molecule has 0 radical (unpaired) electrons. The minimum absolute atomic E-state index is 0.0330. The third-order valence-electron chi connectivity index (χ3n) is 6.40. The van der Waals surface area contributed by atoms with Crippen molar-refractivity contribution in [3.8, 4) is 16.9 Å². The highest BCUT2D eigenvalue weighted by atomic mass is 19.2. The highest BCUT2D eigenvalue weighted by Crippen LogP contribution is 2.26. The topological polar surface area (TPSA) is 61.8 Å². The second-order valence-electron chi connectivity index (χ2n) is 9.48. The Morgan fingerprint density at radius 1 is 0.744 bits per heavy atom. The maximum atomic E-state index is 13.9. The lowest BCUT2D eigenvalue weighted by atomic mass is 10.0. The van der Waals surface area contributed by atoms with Gasteiger partial charge in [-0.25, -0.2) is 18.4 Å². The lowest BCUT2D eigenvalue weighted by Gasteiger charge is -2.16. The molecule has 212 valence electrons. The molecule has 0 bridgehead atoms. The molecule has 39 heavy (non-hydrogen) atoms. The zero-order chi connectivity index (χ0) is 28.3. The number of hydrogen-bond acceptors (Lipinski definition) is 5. The summed E-state index contributed by atoms with van der Waals surface area (Å²) in [5.74, 6) is -1.96. The first-order chi connectivity index (χ1) is 18.9. The van der Waals surface area contributed by atoms with Crippen LogP contribution in [0.3, 0.4) is 0 Å². The first kappa shape index (κ1) is 31.7. The number of rotatable bonds is 20. The summed E-state index contributed by atoms with van der Waals surface area (Å²) in [5.41, 5.74) is 0.853. The van der Waals surface area contributed by atoms with Crippen molar-refractivity contribution < 1.29 is 32.6 Å². The van der Waals surface area contributed by atoms with Gasteiger partial charge in [0.05, 0.1) is 19.8 Å².